The lowest BCUT2D eigenvalue weighted by atomic mass is 10.0. The van der Waals surface area contributed by atoms with Crippen molar-refractivity contribution < 1.29 is 21.6 Å². The Kier molecular flexibility index (Phi) is 7.81. The van der Waals surface area contributed by atoms with Gasteiger partial charge in [-0.3, -0.25) is 0 Å². The second-order valence-corrected chi connectivity index (χ2v) is 13.4. The highest BCUT2D eigenvalue weighted by Crippen LogP contribution is 2.22. The highest BCUT2D eigenvalue weighted by Gasteiger charge is 2.32. The van der Waals surface area contributed by atoms with Crippen LogP contribution in [-0.2, 0) is 43.2 Å². The van der Waals surface area contributed by atoms with E-state index in [1.165, 1.54) is 4.31 Å². The molecule has 0 bridgehead atoms. The molecule has 176 valence electrons. The zero-order valence-corrected chi connectivity index (χ0v) is 20.8. The Hall–Kier alpha value is -1.74. The molecule has 2 aromatic rings. The van der Waals surface area contributed by atoms with E-state index < -0.39 is 25.1 Å². The van der Waals surface area contributed by atoms with Crippen molar-refractivity contribution in [2.24, 2.45) is 0 Å². The van der Waals surface area contributed by atoms with Gasteiger partial charge in [-0.15, -0.1) is 0 Å². The maximum Gasteiger partial charge on any atom is 0.243 e. The first-order chi connectivity index (χ1) is 15.0. The van der Waals surface area contributed by atoms with Crippen LogP contribution in [-0.4, -0.2) is 51.7 Å². The van der Waals surface area contributed by atoms with Gasteiger partial charge in [-0.05, 0) is 69.4 Å². The van der Waals surface area contributed by atoms with Gasteiger partial charge in [0, 0.05) is 13.1 Å². The molecule has 1 heterocycles. The summed E-state index contributed by atoms with van der Waals surface area (Å²) in [5.41, 5.74) is 2.82. The predicted molar refractivity (Wildman–Crippen MR) is 127 cm³/mol. The molecule has 0 saturated carbocycles. The Morgan fingerprint density at radius 1 is 0.875 bits per heavy atom. The maximum atomic E-state index is 13.1. The fraction of sp³-hybridized carbons (Fsp3) is 0.500. The van der Waals surface area contributed by atoms with E-state index in [0.717, 1.165) is 23.1 Å². The lowest BCUT2D eigenvalue weighted by Gasteiger charge is -2.34. The molecule has 1 fully saturated rings. The Morgan fingerprint density at radius 2 is 1.44 bits per heavy atom. The Morgan fingerprint density at radius 3 is 2.03 bits per heavy atom. The molecule has 6 nitrogen and oxygen atoms in total. The first-order valence-corrected chi connectivity index (χ1v) is 14.2. The molecule has 2 atom stereocenters. The van der Waals surface area contributed by atoms with Gasteiger partial charge in [-0.1, -0.05) is 36.4 Å². The predicted octanol–water partition coefficient (Wildman–Crippen LogP) is 3.59. The number of benzene rings is 2. The van der Waals surface area contributed by atoms with Crippen molar-refractivity contribution in [2.45, 2.75) is 68.6 Å². The van der Waals surface area contributed by atoms with Gasteiger partial charge in [0.25, 0.3) is 0 Å². The second kappa shape index (κ2) is 10.0. The molecule has 2 aromatic carbocycles. The first kappa shape index (κ1) is 24.9. The van der Waals surface area contributed by atoms with Crippen LogP contribution in [0, 0.1) is 0 Å². The minimum Gasteiger partial charge on any atom is -0.373 e. The van der Waals surface area contributed by atoms with Gasteiger partial charge in [0.1, 0.15) is 0 Å². The Bertz CT molecular complexity index is 1120. The van der Waals surface area contributed by atoms with Gasteiger partial charge >= 0.3 is 0 Å². The minimum atomic E-state index is -3.57. The average Bonchev–Trinajstić information content (AvgIpc) is 2.72. The monoisotopic (exact) mass is 479 g/mol. The van der Waals surface area contributed by atoms with E-state index in [9.17, 15) is 16.8 Å². The van der Waals surface area contributed by atoms with E-state index >= 15 is 0 Å². The molecule has 0 radical (unpaired) electrons. The van der Waals surface area contributed by atoms with Crippen LogP contribution in [0.1, 0.15) is 44.4 Å². The van der Waals surface area contributed by atoms with Crippen molar-refractivity contribution in [1.82, 2.24) is 4.31 Å². The number of hydrogen-bond donors (Lipinski definition) is 0. The van der Waals surface area contributed by atoms with Gasteiger partial charge in [0.05, 0.1) is 28.1 Å². The molecule has 0 amide bonds. The third kappa shape index (κ3) is 6.19. The molecule has 1 aliphatic rings. The molecule has 1 saturated heterocycles. The number of hydrogen-bond acceptors (Lipinski definition) is 5. The zero-order chi connectivity index (χ0) is 23.5. The molecule has 3 rings (SSSR count). The molecule has 0 N–H and O–H groups in total. The average molecular weight is 480 g/mol. The maximum absolute atomic E-state index is 13.1. The number of ether oxygens (including phenoxy) is 1. The lowest BCUT2D eigenvalue weighted by Crippen LogP contribution is -2.48. The number of sulfonamides is 1. The van der Waals surface area contributed by atoms with Crippen LogP contribution in [0.5, 0.6) is 0 Å². The molecule has 0 spiro atoms. The van der Waals surface area contributed by atoms with E-state index in [4.69, 9.17) is 4.74 Å². The van der Waals surface area contributed by atoms with Crippen LogP contribution in [0.15, 0.2) is 53.4 Å². The van der Waals surface area contributed by atoms with Gasteiger partial charge in [0.2, 0.25) is 10.0 Å². The van der Waals surface area contributed by atoms with Crippen LogP contribution >= 0.6 is 0 Å². The molecule has 1 aliphatic heterocycles. The van der Waals surface area contributed by atoms with E-state index in [1.54, 1.807) is 32.0 Å². The SMILES string of the molecule is CC(C)S(=O)(=O)Cc1ccc(CCc2cccc(S(=O)(=O)N3C[C@@H](C)O[C@@H](C)C3)c2)cc1. The van der Waals surface area contributed by atoms with Crippen molar-refractivity contribution in [3.63, 3.8) is 0 Å². The summed E-state index contributed by atoms with van der Waals surface area (Å²) in [6.45, 7) is 7.87. The Labute approximate surface area is 192 Å². The fourth-order valence-corrected chi connectivity index (χ4v) is 6.48. The fourth-order valence-electron chi connectivity index (χ4n) is 3.83. The standard InChI is InChI=1S/C24H33NO5S2/c1-18(2)31(26,27)17-23-12-9-21(10-13-23)8-11-22-6-5-7-24(14-22)32(28,29)25-15-19(3)30-20(4)16-25/h5-7,9-10,12-14,18-20H,8,11,15-17H2,1-4H3/t19-,20+. The van der Waals surface area contributed by atoms with E-state index in [-0.39, 0.29) is 18.0 Å². The summed E-state index contributed by atoms with van der Waals surface area (Å²) < 4.78 is 57.6. The van der Waals surface area contributed by atoms with Crippen LogP contribution in [0.2, 0.25) is 0 Å². The smallest absolute Gasteiger partial charge is 0.243 e. The highest BCUT2D eigenvalue weighted by molar-refractivity contribution is 7.91. The van der Waals surface area contributed by atoms with Crippen LogP contribution in [0.3, 0.4) is 0 Å². The van der Waals surface area contributed by atoms with Gasteiger partial charge in [-0.2, -0.15) is 4.31 Å². The van der Waals surface area contributed by atoms with Crippen molar-refractivity contribution in [3.8, 4) is 0 Å². The summed E-state index contributed by atoms with van der Waals surface area (Å²) in [6, 6.07) is 14.7. The summed E-state index contributed by atoms with van der Waals surface area (Å²) in [4.78, 5) is 0.311. The zero-order valence-electron chi connectivity index (χ0n) is 19.2. The van der Waals surface area contributed by atoms with Crippen molar-refractivity contribution >= 4 is 19.9 Å². The van der Waals surface area contributed by atoms with Gasteiger partial charge in [-0.25, -0.2) is 16.8 Å². The van der Waals surface area contributed by atoms with Crippen LogP contribution < -0.4 is 0 Å². The quantitative estimate of drug-likeness (QED) is 0.578. The summed E-state index contributed by atoms with van der Waals surface area (Å²) in [5, 5.41) is -0.394. The summed E-state index contributed by atoms with van der Waals surface area (Å²) in [6.07, 6.45) is 1.18. The summed E-state index contributed by atoms with van der Waals surface area (Å²) >= 11 is 0. The number of sulfone groups is 1. The number of morpholine rings is 1. The third-order valence-electron chi connectivity index (χ3n) is 5.73. The van der Waals surface area contributed by atoms with Gasteiger partial charge < -0.3 is 4.74 Å². The molecule has 0 unspecified atom stereocenters. The number of nitrogens with zero attached hydrogens (tertiary/aromatic N) is 1. The van der Waals surface area contributed by atoms with Crippen molar-refractivity contribution in [2.75, 3.05) is 13.1 Å². The molecule has 32 heavy (non-hydrogen) atoms. The van der Waals surface area contributed by atoms with E-state index in [2.05, 4.69) is 0 Å². The molecule has 0 aromatic heterocycles. The number of aryl methyl sites for hydroxylation is 2. The van der Waals surface area contributed by atoms with Gasteiger partial charge in [0.15, 0.2) is 9.84 Å². The van der Waals surface area contributed by atoms with E-state index in [1.807, 2.05) is 44.2 Å². The van der Waals surface area contributed by atoms with E-state index in [0.29, 0.717) is 24.4 Å². The second-order valence-electron chi connectivity index (χ2n) is 8.90. The highest BCUT2D eigenvalue weighted by atomic mass is 32.2. The number of rotatable bonds is 8. The molecular weight excluding hydrogens is 446 g/mol. The minimum absolute atomic E-state index is 0.0453. The molecule has 8 heteroatoms. The summed E-state index contributed by atoms with van der Waals surface area (Å²) in [5.74, 6) is 0.0453. The van der Waals surface area contributed by atoms with Crippen LogP contribution in [0.4, 0.5) is 0 Å². The lowest BCUT2D eigenvalue weighted by molar-refractivity contribution is -0.0440. The topological polar surface area (TPSA) is 80.8 Å². The largest absolute Gasteiger partial charge is 0.373 e. The normalized spacial score (nSPS) is 20.5. The molecular formula is C24H33NO5S2. The summed E-state index contributed by atoms with van der Waals surface area (Å²) in [7, 11) is -6.69. The van der Waals surface area contributed by atoms with Crippen molar-refractivity contribution in [1.29, 1.82) is 0 Å². The first-order valence-electron chi connectivity index (χ1n) is 11.0. The third-order valence-corrected chi connectivity index (χ3v) is 9.73. The van der Waals surface area contributed by atoms with Crippen molar-refractivity contribution in [3.05, 3.63) is 65.2 Å². The van der Waals surface area contributed by atoms with Crippen LogP contribution in [0.25, 0.3) is 0 Å². The Balaban J connectivity index is 1.66. The molecule has 0 aliphatic carbocycles.